The van der Waals surface area contributed by atoms with Crippen molar-refractivity contribution in [3.8, 4) is 0 Å². The lowest BCUT2D eigenvalue weighted by atomic mass is 9.92. The first kappa shape index (κ1) is 12.4. The largest absolute Gasteiger partial charge is 0.468 e. The molecule has 1 fully saturated rings. The van der Waals surface area contributed by atoms with Gasteiger partial charge < -0.3 is 15.2 Å². The Morgan fingerprint density at radius 2 is 2.00 bits per heavy atom. The highest BCUT2D eigenvalue weighted by atomic mass is 16.5. The molecule has 0 spiro atoms. The molecule has 15 heavy (non-hydrogen) atoms. The van der Waals surface area contributed by atoms with E-state index in [1.807, 2.05) is 13.8 Å². The van der Waals surface area contributed by atoms with E-state index in [1.165, 1.54) is 7.11 Å². The molecule has 1 atom stereocenters. The van der Waals surface area contributed by atoms with Crippen molar-refractivity contribution in [2.24, 2.45) is 5.73 Å². The highest BCUT2D eigenvalue weighted by Gasteiger charge is 2.38. The molecule has 0 amide bonds. The maximum Gasteiger partial charge on any atom is 0.324 e. The van der Waals surface area contributed by atoms with Gasteiger partial charge >= 0.3 is 5.97 Å². The van der Waals surface area contributed by atoms with Crippen molar-refractivity contribution >= 4 is 5.97 Å². The van der Waals surface area contributed by atoms with Crippen LogP contribution >= 0.6 is 0 Å². The summed E-state index contributed by atoms with van der Waals surface area (Å²) in [5, 5.41) is 0. The predicted molar refractivity (Wildman–Crippen MR) is 56.5 cm³/mol. The summed E-state index contributed by atoms with van der Waals surface area (Å²) >= 11 is 0. The van der Waals surface area contributed by atoms with E-state index < -0.39 is 11.6 Å². The number of carbonyl (C=O) groups excluding carboxylic acids is 1. The Hall–Kier alpha value is -0.650. The normalized spacial score (nSPS) is 21.1. The number of nitrogens with two attached hydrogens (primary N) is 1. The fraction of sp³-hybridized carbons (Fsp3) is 0.900. The van der Waals surface area contributed by atoms with Crippen LogP contribution in [0.4, 0.5) is 0 Å². The van der Waals surface area contributed by atoms with Crippen LogP contribution in [-0.2, 0) is 14.3 Å². The summed E-state index contributed by atoms with van der Waals surface area (Å²) in [7, 11) is 1.36. The first-order chi connectivity index (χ1) is 7.00. The van der Waals surface area contributed by atoms with Crippen LogP contribution in [0.25, 0.3) is 0 Å². The van der Waals surface area contributed by atoms with Gasteiger partial charge in [0.15, 0.2) is 0 Å². The molecule has 1 saturated heterocycles. The van der Waals surface area contributed by atoms with Crippen LogP contribution in [0.5, 0.6) is 0 Å². The number of methoxy groups -OCH3 is 1. The van der Waals surface area contributed by atoms with E-state index in [2.05, 4.69) is 9.64 Å². The summed E-state index contributed by atoms with van der Waals surface area (Å²) in [5.74, 6) is -0.369. The third kappa shape index (κ3) is 2.68. The van der Waals surface area contributed by atoms with E-state index in [0.29, 0.717) is 13.2 Å². The van der Waals surface area contributed by atoms with Gasteiger partial charge in [0, 0.05) is 18.6 Å². The molecule has 0 saturated carbocycles. The Morgan fingerprint density at radius 1 is 1.47 bits per heavy atom. The maximum atomic E-state index is 11.4. The molecule has 1 aliphatic rings. The fourth-order valence-electron chi connectivity index (χ4n) is 1.75. The lowest BCUT2D eigenvalue weighted by molar-refractivity contribution is -0.146. The lowest BCUT2D eigenvalue weighted by Crippen LogP contribution is -2.62. The third-order valence-corrected chi connectivity index (χ3v) is 3.04. The van der Waals surface area contributed by atoms with Crippen molar-refractivity contribution in [2.45, 2.75) is 25.4 Å². The zero-order valence-corrected chi connectivity index (χ0v) is 9.66. The number of rotatable bonds is 3. The van der Waals surface area contributed by atoms with Gasteiger partial charge in [-0.3, -0.25) is 9.69 Å². The van der Waals surface area contributed by atoms with Crippen molar-refractivity contribution in [1.82, 2.24) is 4.90 Å². The summed E-state index contributed by atoms with van der Waals surface area (Å²) in [5.41, 5.74) is 5.49. The highest BCUT2D eigenvalue weighted by molar-refractivity contribution is 5.77. The first-order valence-corrected chi connectivity index (χ1v) is 5.16. The van der Waals surface area contributed by atoms with Crippen LogP contribution in [0, 0.1) is 0 Å². The smallest absolute Gasteiger partial charge is 0.324 e. The predicted octanol–water partition coefficient (Wildman–Crippen LogP) is -0.403. The van der Waals surface area contributed by atoms with Crippen LogP contribution in [0.3, 0.4) is 0 Å². The zero-order chi connectivity index (χ0) is 11.5. The van der Waals surface area contributed by atoms with Crippen LogP contribution in [0.1, 0.15) is 13.8 Å². The van der Waals surface area contributed by atoms with Crippen molar-refractivity contribution in [2.75, 3.05) is 33.4 Å². The molecule has 5 nitrogen and oxygen atoms in total. The number of carbonyl (C=O) groups is 1. The summed E-state index contributed by atoms with van der Waals surface area (Å²) in [6, 6.07) is -0.624. The Balaban J connectivity index is 2.66. The van der Waals surface area contributed by atoms with E-state index >= 15 is 0 Å². The SMILES string of the molecule is COC(=O)C(N)C(C)(C)N1CCOCC1. The number of hydrogen-bond donors (Lipinski definition) is 1. The molecule has 1 rings (SSSR count). The average molecular weight is 216 g/mol. The summed E-state index contributed by atoms with van der Waals surface area (Å²) in [4.78, 5) is 13.6. The number of esters is 1. The molecule has 0 bridgehead atoms. The molecule has 1 aliphatic heterocycles. The second-order valence-electron chi connectivity index (χ2n) is 4.25. The monoisotopic (exact) mass is 216 g/mol. The number of morpholine rings is 1. The minimum atomic E-state index is -0.624. The Labute approximate surface area is 90.5 Å². The molecule has 0 aliphatic carbocycles. The molecule has 2 N–H and O–H groups in total. The zero-order valence-electron chi connectivity index (χ0n) is 9.66. The molecular weight excluding hydrogens is 196 g/mol. The molecule has 1 heterocycles. The second-order valence-corrected chi connectivity index (χ2v) is 4.25. The van der Waals surface area contributed by atoms with Crippen molar-refractivity contribution < 1.29 is 14.3 Å². The summed E-state index contributed by atoms with van der Waals surface area (Å²) in [6.45, 7) is 6.91. The van der Waals surface area contributed by atoms with Gasteiger partial charge in [-0.15, -0.1) is 0 Å². The van der Waals surface area contributed by atoms with E-state index in [0.717, 1.165) is 13.1 Å². The summed E-state index contributed by atoms with van der Waals surface area (Å²) in [6.07, 6.45) is 0. The highest BCUT2D eigenvalue weighted by Crippen LogP contribution is 2.19. The summed E-state index contributed by atoms with van der Waals surface area (Å²) < 4.78 is 9.93. The van der Waals surface area contributed by atoms with Gasteiger partial charge in [0.25, 0.3) is 0 Å². The topological polar surface area (TPSA) is 64.8 Å². The Morgan fingerprint density at radius 3 is 2.47 bits per heavy atom. The van der Waals surface area contributed by atoms with Gasteiger partial charge in [-0.1, -0.05) is 0 Å². The van der Waals surface area contributed by atoms with E-state index in [4.69, 9.17) is 10.5 Å². The van der Waals surface area contributed by atoms with E-state index in [9.17, 15) is 4.79 Å². The third-order valence-electron chi connectivity index (χ3n) is 3.04. The van der Waals surface area contributed by atoms with Gasteiger partial charge in [0.2, 0.25) is 0 Å². The van der Waals surface area contributed by atoms with E-state index in [-0.39, 0.29) is 5.97 Å². The van der Waals surface area contributed by atoms with Gasteiger partial charge in [0.1, 0.15) is 6.04 Å². The van der Waals surface area contributed by atoms with E-state index in [1.54, 1.807) is 0 Å². The van der Waals surface area contributed by atoms with Crippen LogP contribution in [0.2, 0.25) is 0 Å². The van der Waals surface area contributed by atoms with Gasteiger partial charge in [0.05, 0.1) is 20.3 Å². The molecule has 88 valence electrons. The second kappa shape index (κ2) is 4.92. The Bertz CT molecular complexity index is 225. The molecule has 0 aromatic rings. The van der Waals surface area contributed by atoms with Crippen LogP contribution < -0.4 is 5.73 Å². The number of ether oxygens (including phenoxy) is 2. The van der Waals surface area contributed by atoms with Crippen LogP contribution in [-0.4, -0.2) is 55.9 Å². The first-order valence-electron chi connectivity index (χ1n) is 5.16. The van der Waals surface area contributed by atoms with Gasteiger partial charge in [-0.05, 0) is 13.8 Å². The van der Waals surface area contributed by atoms with Crippen LogP contribution in [0.15, 0.2) is 0 Å². The lowest BCUT2D eigenvalue weighted by Gasteiger charge is -2.43. The van der Waals surface area contributed by atoms with Crippen molar-refractivity contribution in [1.29, 1.82) is 0 Å². The minimum Gasteiger partial charge on any atom is -0.468 e. The maximum absolute atomic E-state index is 11.4. The molecule has 5 heteroatoms. The van der Waals surface area contributed by atoms with Crippen molar-refractivity contribution in [3.05, 3.63) is 0 Å². The fourth-order valence-corrected chi connectivity index (χ4v) is 1.75. The van der Waals surface area contributed by atoms with Gasteiger partial charge in [-0.2, -0.15) is 0 Å². The number of nitrogens with zero attached hydrogens (tertiary/aromatic N) is 1. The average Bonchev–Trinajstić information content (AvgIpc) is 2.28. The molecule has 0 radical (unpaired) electrons. The molecule has 0 aromatic heterocycles. The van der Waals surface area contributed by atoms with Gasteiger partial charge in [-0.25, -0.2) is 0 Å². The quantitative estimate of drug-likeness (QED) is 0.650. The molecule has 0 aromatic carbocycles. The number of hydrogen-bond acceptors (Lipinski definition) is 5. The molecule has 1 unspecified atom stereocenters. The molecular formula is C10H20N2O3. The Kier molecular flexibility index (Phi) is 4.07. The minimum absolute atomic E-state index is 0.369. The standard InChI is InChI=1S/C10H20N2O3/c1-10(2,8(11)9(13)14-3)12-4-6-15-7-5-12/h8H,4-7,11H2,1-3H3. The van der Waals surface area contributed by atoms with Crippen molar-refractivity contribution in [3.63, 3.8) is 0 Å².